The molecule has 0 aliphatic carbocycles. The fourth-order valence-electron chi connectivity index (χ4n) is 0.849. The fraction of sp³-hybridized carbons (Fsp3) is 0.250. The Hall–Kier alpha value is -0.0600. The van der Waals surface area contributed by atoms with Crippen LogP contribution in [0.3, 0.4) is 0 Å². The van der Waals surface area contributed by atoms with Crippen molar-refractivity contribution in [2.45, 2.75) is 10.2 Å². The fourth-order valence-corrected chi connectivity index (χ4v) is 2.28. The second-order valence-electron chi connectivity index (χ2n) is 2.50. The average Bonchev–Trinajstić information content (AvgIpc) is 2.18. The molecule has 0 radical (unpaired) electrons. The Kier molecular flexibility index (Phi) is 3.76. The lowest BCUT2D eigenvalue weighted by Crippen LogP contribution is -2.01. The van der Waals surface area contributed by atoms with Gasteiger partial charge in [-0.05, 0) is 17.7 Å². The number of alkyl halides is 2. The van der Waals surface area contributed by atoms with E-state index in [9.17, 15) is 8.42 Å². The number of sulfone groups is 1. The van der Waals surface area contributed by atoms with Crippen LogP contribution in [-0.2, 0) is 15.2 Å². The third-order valence-corrected chi connectivity index (χ3v) is 4.37. The van der Waals surface area contributed by atoms with Crippen molar-refractivity contribution in [2.24, 2.45) is 0 Å². The molecule has 0 bridgehead atoms. The third-order valence-electron chi connectivity index (χ3n) is 1.58. The van der Waals surface area contributed by atoms with Crippen molar-refractivity contribution in [3.05, 3.63) is 29.8 Å². The third kappa shape index (κ3) is 2.69. The molecule has 13 heavy (non-hydrogen) atoms. The first-order valence-corrected chi connectivity index (χ1v) is 6.84. The van der Waals surface area contributed by atoms with Gasteiger partial charge in [-0.2, -0.15) is 0 Å². The molecule has 0 aliphatic heterocycles. The molecule has 5 heteroatoms. The van der Waals surface area contributed by atoms with Crippen LogP contribution in [-0.4, -0.2) is 13.6 Å². The zero-order chi connectivity index (χ0) is 9.90. The summed E-state index contributed by atoms with van der Waals surface area (Å²) in [5.74, 6) is 0. The van der Waals surface area contributed by atoms with Gasteiger partial charge >= 0.3 is 0 Å². The van der Waals surface area contributed by atoms with E-state index in [0.717, 1.165) is 5.56 Å². The molecule has 0 spiro atoms. The Bertz CT molecular complexity index is 372. The van der Waals surface area contributed by atoms with Crippen LogP contribution >= 0.6 is 27.5 Å². The molecule has 0 heterocycles. The van der Waals surface area contributed by atoms with Gasteiger partial charge in [0.25, 0.3) is 0 Å². The monoisotopic (exact) mass is 282 g/mol. The summed E-state index contributed by atoms with van der Waals surface area (Å²) in [5.41, 5.74) is 1.04. The standard InChI is InChI=1S/C8H8BrClO2S/c9-5-7-1-3-8(4-2-7)13(11,12)6-10/h1-4H,5-6H2. The predicted molar refractivity (Wildman–Crippen MR) is 57.0 cm³/mol. The number of halogens is 2. The molecule has 0 amide bonds. The number of rotatable bonds is 3. The molecular formula is C8H8BrClO2S. The first-order chi connectivity index (χ1) is 6.10. The number of benzene rings is 1. The average molecular weight is 284 g/mol. The van der Waals surface area contributed by atoms with Crippen LogP contribution in [0.2, 0.25) is 0 Å². The number of hydrogen-bond acceptors (Lipinski definition) is 2. The predicted octanol–water partition coefficient (Wildman–Crippen LogP) is 2.55. The highest BCUT2D eigenvalue weighted by Crippen LogP contribution is 2.14. The Morgan fingerprint density at radius 1 is 1.23 bits per heavy atom. The van der Waals surface area contributed by atoms with Gasteiger partial charge in [0.05, 0.1) is 4.90 Å². The second kappa shape index (κ2) is 4.44. The highest BCUT2D eigenvalue weighted by Gasteiger charge is 2.11. The molecule has 0 unspecified atom stereocenters. The minimum atomic E-state index is -3.27. The Balaban J connectivity index is 3.06. The minimum absolute atomic E-state index is 0.271. The van der Waals surface area contributed by atoms with Crippen LogP contribution in [0.4, 0.5) is 0 Å². The SMILES string of the molecule is O=S(=O)(CCl)c1ccc(CBr)cc1. The normalized spacial score (nSPS) is 11.5. The lowest BCUT2D eigenvalue weighted by atomic mass is 10.2. The van der Waals surface area contributed by atoms with Crippen molar-refractivity contribution in [1.29, 1.82) is 0 Å². The van der Waals surface area contributed by atoms with E-state index in [0.29, 0.717) is 5.33 Å². The van der Waals surface area contributed by atoms with E-state index >= 15 is 0 Å². The molecule has 0 aliphatic rings. The Labute approximate surface area is 91.0 Å². The minimum Gasteiger partial charge on any atom is -0.222 e. The molecule has 1 rings (SSSR count). The second-order valence-corrected chi connectivity index (χ2v) is 5.64. The van der Waals surface area contributed by atoms with Crippen molar-refractivity contribution in [1.82, 2.24) is 0 Å². The van der Waals surface area contributed by atoms with Crippen LogP contribution in [0.15, 0.2) is 29.2 Å². The van der Waals surface area contributed by atoms with E-state index < -0.39 is 9.84 Å². The smallest absolute Gasteiger partial charge is 0.192 e. The van der Waals surface area contributed by atoms with Gasteiger partial charge in [-0.15, -0.1) is 11.6 Å². The highest BCUT2D eigenvalue weighted by molar-refractivity contribution is 9.08. The molecule has 2 nitrogen and oxygen atoms in total. The van der Waals surface area contributed by atoms with Gasteiger partial charge in [0.15, 0.2) is 9.84 Å². The Morgan fingerprint density at radius 3 is 2.15 bits per heavy atom. The molecule has 1 aromatic carbocycles. The van der Waals surface area contributed by atoms with E-state index in [1.165, 1.54) is 0 Å². The largest absolute Gasteiger partial charge is 0.222 e. The summed E-state index contributed by atoms with van der Waals surface area (Å²) in [6.07, 6.45) is 0. The summed E-state index contributed by atoms with van der Waals surface area (Å²) in [6, 6.07) is 6.64. The quantitative estimate of drug-likeness (QED) is 0.799. The maximum Gasteiger partial charge on any atom is 0.192 e. The number of hydrogen-bond donors (Lipinski definition) is 0. The highest BCUT2D eigenvalue weighted by atomic mass is 79.9. The van der Waals surface area contributed by atoms with Crippen LogP contribution in [0.25, 0.3) is 0 Å². The molecule has 0 fully saturated rings. The topological polar surface area (TPSA) is 34.1 Å². The van der Waals surface area contributed by atoms with Crippen LogP contribution in [0.5, 0.6) is 0 Å². The molecule has 1 aromatic rings. The van der Waals surface area contributed by atoms with Gasteiger partial charge in [0, 0.05) is 5.33 Å². The van der Waals surface area contributed by atoms with Crippen molar-refractivity contribution < 1.29 is 8.42 Å². The molecule has 0 saturated carbocycles. The van der Waals surface area contributed by atoms with E-state index in [1.807, 2.05) is 0 Å². The maximum atomic E-state index is 11.3. The van der Waals surface area contributed by atoms with Crippen molar-refractivity contribution in [3.8, 4) is 0 Å². The lowest BCUT2D eigenvalue weighted by molar-refractivity contribution is 0.600. The summed E-state index contributed by atoms with van der Waals surface area (Å²) in [6.45, 7) is 0. The van der Waals surface area contributed by atoms with Crippen LogP contribution < -0.4 is 0 Å². The van der Waals surface area contributed by atoms with Gasteiger partial charge in [-0.3, -0.25) is 0 Å². The van der Waals surface area contributed by atoms with E-state index in [-0.39, 0.29) is 10.1 Å². The summed E-state index contributed by atoms with van der Waals surface area (Å²) >= 11 is 8.58. The van der Waals surface area contributed by atoms with Gasteiger partial charge in [0.2, 0.25) is 0 Å². The summed E-state index contributed by atoms with van der Waals surface area (Å²) in [7, 11) is -3.27. The van der Waals surface area contributed by atoms with Gasteiger partial charge in [-0.25, -0.2) is 8.42 Å². The first-order valence-electron chi connectivity index (χ1n) is 3.54. The van der Waals surface area contributed by atoms with Crippen molar-refractivity contribution in [3.63, 3.8) is 0 Å². The van der Waals surface area contributed by atoms with Gasteiger partial charge < -0.3 is 0 Å². The molecule has 0 saturated heterocycles. The molecule has 0 aromatic heterocycles. The molecule has 0 atom stereocenters. The zero-order valence-electron chi connectivity index (χ0n) is 6.70. The molecule has 0 N–H and O–H groups in total. The first kappa shape index (κ1) is 11.0. The van der Waals surface area contributed by atoms with Crippen molar-refractivity contribution >= 4 is 37.4 Å². The maximum absolute atomic E-state index is 11.3. The Morgan fingerprint density at radius 2 is 1.77 bits per heavy atom. The van der Waals surface area contributed by atoms with E-state index in [1.54, 1.807) is 24.3 Å². The van der Waals surface area contributed by atoms with Gasteiger partial charge in [-0.1, -0.05) is 28.1 Å². The van der Waals surface area contributed by atoms with Gasteiger partial charge in [0.1, 0.15) is 5.21 Å². The molecular weight excluding hydrogens is 276 g/mol. The van der Waals surface area contributed by atoms with E-state index in [4.69, 9.17) is 11.6 Å². The van der Waals surface area contributed by atoms with E-state index in [2.05, 4.69) is 15.9 Å². The van der Waals surface area contributed by atoms with Crippen LogP contribution in [0.1, 0.15) is 5.56 Å². The van der Waals surface area contributed by atoms with Crippen LogP contribution in [0, 0.1) is 0 Å². The van der Waals surface area contributed by atoms with Crippen molar-refractivity contribution in [2.75, 3.05) is 5.21 Å². The molecule has 72 valence electrons. The summed E-state index contributed by atoms with van der Waals surface area (Å²) < 4.78 is 22.5. The summed E-state index contributed by atoms with van der Waals surface area (Å²) in [4.78, 5) is 0.271. The zero-order valence-corrected chi connectivity index (χ0v) is 9.86. The summed E-state index contributed by atoms with van der Waals surface area (Å²) in [5, 5.41) is 0.342. The lowest BCUT2D eigenvalue weighted by Gasteiger charge is -2.00.